The van der Waals surface area contributed by atoms with Crippen molar-refractivity contribution in [2.75, 3.05) is 13.2 Å². The third kappa shape index (κ3) is 0.485. The molecule has 0 saturated carbocycles. The molecule has 0 radical (unpaired) electrons. The van der Waals surface area contributed by atoms with Crippen LogP contribution < -0.4 is 0 Å². The number of hydrogen-bond donors (Lipinski definition) is 1. The SMILES string of the molecule is OCCOP123SS1(S2)S3. The van der Waals surface area contributed by atoms with Crippen molar-refractivity contribution in [2.24, 2.45) is 0 Å². The first-order valence-electron chi connectivity index (χ1n) is 2.52. The van der Waals surface area contributed by atoms with Gasteiger partial charge < -0.3 is 0 Å². The molecule has 3 fully saturated rings. The molecule has 3 aliphatic heterocycles. The molecule has 3 rings (SSSR count). The number of rotatable bonds is 3. The van der Waals surface area contributed by atoms with Gasteiger partial charge in [0.15, 0.2) is 0 Å². The van der Waals surface area contributed by atoms with E-state index in [1.54, 1.807) is 0 Å². The van der Waals surface area contributed by atoms with E-state index in [1.165, 1.54) is 0 Å². The first kappa shape index (κ1) is 6.29. The summed E-state index contributed by atoms with van der Waals surface area (Å²) in [5.41, 5.74) is 0. The van der Waals surface area contributed by atoms with Gasteiger partial charge in [0.05, 0.1) is 0 Å². The van der Waals surface area contributed by atoms with Crippen LogP contribution in [0.1, 0.15) is 0 Å². The van der Waals surface area contributed by atoms with Gasteiger partial charge in [-0.25, -0.2) is 0 Å². The summed E-state index contributed by atoms with van der Waals surface area (Å²) < 4.78 is 4.23. The van der Waals surface area contributed by atoms with Crippen molar-refractivity contribution in [1.29, 1.82) is 0 Å². The van der Waals surface area contributed by atoms with E-state index in [2.05, 4.69) is 31.2 Å². The molecular formula is C2H5O2PS4. The van der Waals surface area contributed by atoms with Crippen LogP contribution in [0.25, 0.3) is 0 Å². The third-order valence-corrected chi connectivity index (χ3v) is 57.6. The Morgan fingerprint density at radius 3 is 2.33 bits per heavy atom. The maximum atomic E-state index is 8.48. The van der Waals surface area contributed by atoms with Crippen LogP contribution in [-0.2, 0) is 4.52 Å². The number of aliphatic hydroxyl groups excluding tert-OH is 1. The molecule has 0 bridgehead atoms. The molecule has 9 heavy (non-hydrogen) atoms. The summed E-state index contributed by atoms with van der Waals surface area (Å²) in [7, 11) is 6.28. The summed E-state index contributed by atoms with van der Waals surface area (Å²) in [4.78, 5) is 0. The Morgan fingerprint density at radius 2 is 2.00 bits per heavy atom. The second kappa shape index (κ2) is 1.32. The van der Waals surface area contributed by atoms with Crippen LogP contribution in [0.4, 0.5) is 0 Å². The molecule has 0 atom stereocenters. The molecule has 3 aliphatic rings. The van der Waals surface area contributed by atoms with E-state index >= 15 is 0 Å². The Balaban J connectivity index is 1.70. The second-order valence-corrected chi connectivity index (χ2v) is 33.2. The summed E-state index contributed by atoms with van der Waals surface area (Å²) in [6.45, 7) is 0.568. The fourth-order valence-corrected chi connectivity index (χ4v) is 77.8. The third-order valence-electron chi connectivity index (χ3n) is 1.35. The monoisotopic (exact) mass is 220 g/mol. The summed E-state index contributed by atoms with van der Waals surface area (Å²) in [5, 5.41) is 8.48. The predicted octanol–water partition coefficient (Wildman–Crippen LogP) is 2.91. The second-order valence-electron chi connectivity index (χ2n) is 1.95. The van der Waals surface area contributed by atoms with Crippen molar-refractivity contribution in [3.8, 4) is 0 Å². The van der Waals surface area contributed by atoms with Crippen LogP contribution in [0.15, 0.2) is 0 Å². The summed E-state index contributed by atoms with van der Waals surface area (Å²) in [5.74, 6) is 0. The molecule has 0 aromatic heterocycles. The Bertz CT molecular complexity index is 184. The Labute approximate surface area is 64.4 Å². The molecular weight excluding hydrogens is 215 g/mol. The Hall–Kier alpha value is 1.75. The quantitative estimate of drug-likeness (QED) is 0.449. The molecule has 1 N–H and O–H groups in total. The van der Waals surface area contributed by atoms with Crippen molar-refractivity contribution in [3.05, 3.63) is 0 Å². The van der Waals surface area contributed by atoms with E-state index in [1.807, 2.05) is 0 Å². The van der Waals surface area contributed by atoms with E-state index in [-0.39, 0.29) is 13.4 Å². The molecule has 0 aromatic carbocycles. The molecule has 7 heteroatoms. The number of hydrogen-bond acceptors (Lipinski definition) is 5. The molecule has 0 amide bonds. The zero-order valence-corrected chi connectivity index (χ0v) is 8.51. The molecule has 3 saturated heterocycles. The van der Waals surface area contributed by atoms with Crippen LogP contribution in [0, 0.1) is 0 Å². The van der Waals surface area contributed by atoms with E-state index in [4.69, 9.17) is 9.63 Å². The zero-order chi connectivity index (χ0) is 6.19. The van der Waals surface area contributed by atoms with Crippen LogP contribution in [0.5, 0.6) is 0 Å². The van der Waals surface area contributed by atoms with Crippen molar-refractivity contribution < 1.29 is 9.63 Å². The van der Waals surface area contributed by atoms with Crippen molar-refractivity contribution in [1.82, 2.24) is 0 Å². The topological polar surface area (TPSA) is 29.5 Å². The van der Waals surface area contributed by atoms with Crippen molar-refractivity contribution in [2.45, 2.75) is 0 Å². The maximum absolute atomic E-state index is 8.48. The van der Waals surface area contributed by atoms with Gasteiger partial charge in [0.25, 0.3) is 0 Å². The van der Waals surface area contributed by atoms with Crippen molar-refractivity contribution >= 4 is 41.6 Å². The van der Waals surface area contributed by atoms with E-state index in [0.717, 1.165) is 0 Å². The minimum absolute atomic E-state index is 0.190. The van der Waals surface area contributed by atoms with Crippen LogP contribution in [-0.4, -0.2) is 18.3 Å². The standard InChI is InChI=1S/C2H5O2PS4/c3-1-2-4-5-6-9(5,7-5)8-5/h3H,1-2H2. The minimum atomic E-state index is -1.39. The molecule has 0 spiro atoms. The fraction of sp³-hybridized carbons (Fsp3) is 1.00. The van der Waals surface area contributed by atoms with Gasteiger partial charge >= 0.3 is 64.5 Å². The van der Waals surface area contributed by atoms with E-state index in [0.29, 0.717) is 6.61 Å². The zero-order valence-electron chi connectivity index (χ0n) is 4.35. The van der Waals surface area contributed by atoms with Gasteiger partial charge in [0.2, 0.25) is 0 Å². The molecule has 3 heterocycles. The summed E-state index contributed by atoms with van der Waals surface area (Å²) >= 11 is 0. The van der Waals surface area contributed by atoms with Gasteiger partial charge in [0.1, 0.15) is 0 Å². The van der Waals surface area contributed by atoms with Crippen LogP contribution >= 0.6 is 41.6 Å². The molecule has 0 unspecified atom stereocenters. The van der Waals surface area contributed by atoms with Gasteiger partial charge in [-0.3, -0.25) is 0 Å². The molecule has 54 valence electrons. The normalized spacial score (nSPS) is 63.0. The van der Waals surface area contributed by atoms with Gasteiger partial charge in [-0.1, -0.05) is 0 Å². The van der Waals surface area contributed by atoms with Gasteiger partial charge in [-0.05, 0) is 0 Å². The van der Waals surface area contributed by atoms with E-state index < -0.39 is 3.64 Å². The summed E-state index contributed by atoms with van der Waals surface area (Å²) in [6, 6.07) is 0. The fourth-order valence-electron chi connectivity index (χ4n) is 0.756. The van der Waals surface area contributed by atoms with Crippen molar-refractivity contribution in [3.63, 3.8) is 0 Å². The average molecular weight is 220 g/mol. The first-order valence-corrected chi connectivity index (χ1v) is 12.7. The average Bonchev–Trinajstić information content (AvgIpc) is 2.45. The summed E-state index contributed by atoms with van der Waals surface area (Å²) in [6.07, 6.45) is 0. The van der Waals surface area contributed by atoms with Gasteiger partial charge in [-0.15, -0.1) is 0 Å². The van der Waals surface area contributed by atoms with Crippen LogP contribution in [0.2, 0.25) is 0 Å². The Kier molecular flexibility index (Phi) is 0.924. The molecule has 2 nitrogen and oxygen atoms in total. The molecule has 0 aliphatic carbocycles. The Morgan fingerprint density at radius 1 is 1.44 bits per heavy atom. The van der Waals surface area contributed by atoms with Crippen LogP contribution in [0.3, 0.4) is 0 Å². The predicted molar refractivity (Wildman–Crippen MR) is 50.3 cm³/mol. The number of aliphatic hydroxyl groups is 1. The van der Waals surface area contributed by atoms with Gasteiger partial charge in [0, 0.05) is 0 Å². The molecule has 0 aromatic rings. The van der Waals surface area contributed by atoms with Gasteiger partial charge in [-0.2, -0.15) is 0 Å². The van der Waals surface area contributed by atoms with E-state index in [9.17, 15) is 0 Å². The first-order chi connectivity index (χ1) is 4.26.